The Bertz CT molecular complexity index is 305. The van der Waals surface area contributed by atoms with Crippen molar-refractivity contribution in [2.75, 3.05) is 6.61 Å². The summed E-state index contributed by atoms with van der Waals surface area (Å²) >= 11 is 0. The second-order valence-corrected chi connectivity index (χ2v) is 2.63. The molecule has 5 heteroatoms. The Hall–Kier alpha value is -1.67. The second kappa shape index (κ2) is 5.89. The summed E-state index contributed by atoms with van der Waals surface area (Å²) in [7, 11) is 0. The van der Waals surface area contributed by atoms with Crippen molar-refractivity contribution in [3.8, 4) is 11.9 Å². The van der Waals surface area contributed by atoms with Crippen LogP contribution in [-0.4, -0.2) is 21.9 Å². The van der Waals surface area contributed by atoms with Crippen molar-refractivity contribution in [1.29, 1.82) is 5.26 Å². The highest BCUT2D eigenvalue weighted by Gasteiger charge is 1.97. The van der Waals surface area contributed by atoms with Crippen molar-refractivity contribution in [1.82, 2.24) is 10.2 Å². The van der Waals surface area contributed by atoms with Crippen LogP contribution in [0, 0.1) is 11.3 Å². The van der Waals surface area contributed by atoms with Crippen molar-refractivity contribution in [3.63, 3.8) is 0 Å². The summed E-state index contributed by atoms with van der Waals surface area (Å²) < 4.78 is 5.20. The molecule has 74 valence electrons. The van der Waals surface area contributed by atoms with Gasteiger partial charge in [0.2, 0.25) is 5.88 Å². The van der Waals surface area contributed by atoms with Crippen molar-refractivity contribution in [3.05, 3.63) is 17.8 Å². The third-order valence-electron chi connectivity index (χ3n) is 1.54. The van der Waals surface area contributed by atoms with Gasteiger partial charge in [0.25, 0.3) is 0 Å². The predicted octanol–water partition coefficient (Wildman–Crippen LogP) is 0.651. The number of nitrogens with zero attached hydrogens (tertiary/aromatic N) is 3. The fourth-order valence-electron chi connectivity index (χ4n) is 0.837. The molecule has 0 fully saturated rings. The topological polar surface area (TPSA) is 79.0 Å². The molecule has 1 aromatic heterocycles. The molecule has 0 aliphatic heterocycles. The molecule has 5 nitrogen and oxygen atoms in total. The summed E-state index contributed by atoms with van der Waals surface area (Å²) in [5.74, 6) is 0.417. The number of aliphatic hydroxyl groups is 1. The molecule has 0 saturated carbocycles. The fourth-order valence-corrected chi connectivity index (χ4v) is 0.837. The first-order valence-electron chi connectivity index (χ1n) is 4.30. The minimum atomic E-state index is -0.123. The monoisotopic (exact) mass is 193 g/mol. The van der Waals surface area contributed by atoms with Crippen molar-refractivity contribution in [2.45, 2.75) is 19.4 Å². The van der Waals surface area contributed by atoms with E-state index in [2.05, 4.69) is 10.2 Å². The highest BCUT2D eigenvalue weighted by molar-refractivity contribution is 5.10. The number of ether oxygens (including phenoxy) is 1. The first-order valence-corrected chi connectivity index (χ1v) is 4.30. The van der Waals surface area contributed by atoms with Crippen LogP contribution < -0.4 is 4.74 Å². The van der Waals surface area contributed by atoms with E-state index in [4.69, 9.17) is 15.1 Å². The van der Waals surface area contributed by atoms with Crippen LogP contribution in [0.2, 0.25) is 0 Å². The maximum atomic E-state index is 8.70. The molecule has 1 aromatic rings. The lowest BCUT2D eigenvalue weighted by Crippen LogP contribution is -2.01. The van der Waals surface area contributed by atoms with E-state index in [1.165, 1.54) is 0 Å². The van der Waals surface area contributed by atoms with Crippen LogP contribution >= 0.6 is 0 Å². The summed E-state index contributed by atoms with van der Waals surface area (Å²) in [6.07, 6.45) is 1.15. The van der Waals surface area contributed by atoms with Gasteiger partial charge in [-0.1, -0.05) is 0 Å². The Morgan fingerprint density at radius 1 is 1.43 bits per heavy atom. The van der Waals surface area contributed by atoms with E-state index in [-0.39, 0.29) is 6.61 Å². The van der Waals surface area contributed by atoms with Gasteiger partial charge in [-0.3, -0.25) is 0 Å². The number of hydrogen-bond acceptors (Lipinski definition) is 5. The molecule has 1 rings (SSSR count). The van der Waals surface area contributed by atoms with Gasteiger partial charge in [0.05, 0.1) is 25.0 Å². The lowest BCUT2D eigenvalue weighted by molar-refractivity contribution is 0.270. The second-order valence-electron chi connectivity index (χ2n) is 2.63. The first-order chi connectivity index (χ1) is 6.86. The van der Waals surface area contributed by atoms with Gasteiger partial charge in [0.15, 0.2) is 0 Å². The standard InChI is InChI=1S/C9H11N3O2/c10-5-1-2-6-14-9-4-3-8(7-13)11-12-9/h3-4,13H,1-2,6-7H2. The number of aliphatic hydroxyl groups excluding tert-OH is 1. The van der Waals surface area contributed by atoms with E-state index >= 15 is 0 Å². The molecule has 0 spiro atoms. The number of aromatic nitrogens is 2. The van der Waals surface area contributed by atoms with Gasteiger partial charge in [-0.05, 0) is 12.5 Å². The number of nitriles is 1. The smallest absolute Gasteiger partial charge is 0.233 e. The Kier molecular flexibility index (Phi) is 4.38. The molecule has 0 unspecified atom stereocenters. The normalized spacial score (nSPS) is 9.43. The van der Waals surface area contributed by atoms with E-state index in [1.807, 2.05) is 6.07 Å². The highest BCUT2D eigenvalue weighted by atomic mass is 16.5. The molecule has 1 heterocycles. The highest BCUT2D eigenvalue weighted by Crippen LogP contribution is 2.05. The van der Waals surface area contributed by atoms with Gasteiger partial charge < -0.3 is 9.84 Å². The van der Waals surface area contributed by atoms with E-state index in [0.717, 1.165) is 0 Å². The molecule has 0 saturated heterocycles. The Morgan fingerprint density at radius 3 is 2.86 bits per heavy atom. The fraction of sp³-hybridized carbons (Fsp3) is 0.444. The maximum absolute atomic E-state index is 8.70. The van der Waals surface area contributed by atoms with Gasteiger partial charge in [-0.15, -0.1) is 10.2 Å². The quantitative estimate of drug-likeness (QED) is 0.694. The molecular weight excluding hydrogens is 182 g/mol. The van der Waals surface area contributed by atoms with Crippen LogP contribution in [0.1, 0.15) is 18.5 Å². The van der Waals surface area contributed by atoms with E-state index in [1.54, 1.807) is 12.1 Å². The summed E-state index contributed by atoms with van der Waals surface area (Å²) in [6.45, 7) is 0.336. The molecule has 0 aliphatic carbocycles. The molecule has 0 aromatic carbocycles. The first kappa shape index (κ1) is 10.4. The van der Waals surface area contributed by atoms with Crippen LogP contribution in [0.5, 0.6) is 5.88 Å². The number of unbranched alkanes of at least 4 members (excludes halogenated alkanes) is 1. The minimum absolute atomic E-state index is 0.123. The molecule has 0 bridgehead atoms. The van der Waals surface area contributed by atoms with E-state index in [9.17, 15) is 0 Å². The van der Waals surface area contributed by atoms with Crippen LogP contribution in [0.4, 0.5) is 0 Å². The number of rotatable bonds is 5. The van der Waals surface area contributed by atoms with Gasteiger partial charge in [0, 0.05) is 12.5 Å². The summed E-state index contributed by atoms with van der Waals surface area (Å²) in [5, 5.41) is 24.4. The average molecular weight is 193 g/mol. The third-order valence-corrected chi connectivity index (χ3v) is 1.54. The molecule has 0 radical (unpaired) electrons. The third kappa shape index (κ3) is 3.37. The van der Waals surface area contributed by atoms with Crippen LogP contribution in [0.3, 0.4) is 0 Å². The van der Waals surface area contributed by atoms with Gasteiger partial charge in [-0.2, -0.15) is 5.26 Å². The largest absolute Gasteiger partial charge is 0.477 e. The summed E-state index contributed by atoms with van der Waals surface area (Å²) in [4.78, 5) is 0. The van der Waals surface area contributed by atoms with E-state index < -0.39 is 0 Å². The molecule has 0 amide bonds. The maximum Gasteiger partial charge on any atom is 0.233 e. The summed E-state index contributed by atoms with van der Waals surface area (Å²) in [5.41, 5.74) is 0.509. The van der Waals surface area contributed by atoms with E-state index in [0.29, 0.717) is 31.0 Å². The minimum Gasteiger partial charge on any atom is -0.477 e. The molecular formula is C9H11N3O2. The lowest BCUT2D eigenvalue weighted by atomic mass is 10.3. The zero-order valence-electron chi connectivity index (χ0n) is 7.68. The molecule has 1 N–H and O–H groups in total. The number of hydrogen-bond donors (Lipinski definition) is 1. The zero-order valence-corrected chi connectivity index (χ0v) is 7.68. The Morgan fingerprint density at radius 2 is 2.29 bits per heavy atom. The zero-order chi connectivity index (χ0) is 10.2. The van der Waals surface area contributed by atoms with Crippen molar-refractivity contribution in [2.24, 2.45) is 0 Å². The average Bonchev–Trinajstić information content (AvgIpc) is 2.25. The van der Waals surface area contributed by atoms with Gasteiger partial charge in [-0.25, -0.2) is 0 Å². The molecule has 0 aliphatic rings. The summed E-state index contributed by atoms with van der Waals surface area (Å²) in [6, 6.07) is 5.31. The lowest BCUT2D eigenvalue weighted by Gasteiger charge is -2.02. The SMILES string of the molecule is N#CCCCOc1ccc(CO)nn1. The molecule has 14 heavy (non-hydrogen) atoms. The van der Waals surface area contributed by atoms with Gasteiger partial charge >= 0.3 is 0 Å². The van der Waals surface area contributed by atoms with Crippen molar-refractivity contribution >= 4 is 0 Å². The Balaban J connectivity index is 2.33. The van der Waals surface area contributed by atoms with Crippen LogP contribution in [0.15, 0.2) is 12.1 Å². The van der Waals surface area contributed by atoms with Gasteiger partial charge in [0.1, 0.15) is 0 Å². The van der Waals surface area contributed by atoms with Crippen molar-refractivity contribution < 1.29 is 9.84 Å². The van der Waals surface area contributed by atoms with Crippen LogP contribution in [0.25, 0.3) is 0 Å². The Labute approximate surface area is 82.0 Å². The molecule has 0 atom stereocenters. The van der Waals surface area contributed by atoms with Crippen LogP contribution in [-0.2, 0) is 6.61 Å². The predicted molar refractivity (Wildman–Crippen MR) is 48.3 cm³/mol.